The number of benzene rings is 2. The summed E-state index contributed by atoms with van der Waals surface area (Å²) in [4.78, 5) is 15.4. The highest BCUT2D eigenvalue weighted by Crippen LogP contribution is 2.37. The number of hydrogen-bond acceptors (Lipinski definition) is 4. The molecule has 1 aliphatic heterocycles. The zero-order chi connectivity index (χ0) is 19.5. The first-order valence-corrected chi connectivity index (χ1v) is 9.37. The van der Waals surface area contributed by atoms with Gasteiger partial charge in [0.25, 0.3) is 0 Å². The number of hydrogen-bond donors (Lipinski definition) is 2. The maximum absolute atomic E-state index is 11.4. The van der Waals surface area contributed by atoms with Crippen LogP contribution in [0, 0.1) is 6.92 Å². The maximum atomic E-state index is 11.4. The van der Waals surface area contributed by atoms with E-state index in [9.17, 15) is 9.90 Å². The summed E-state index contributed by atoms with van der Waals surface area (Å²) in [5.74, 6) is 0.193. The molecule has 0 fully saturated rings. The van der Waals surface area contributed by atoms with E-state index in [4.69, 9.17) is 4.74 Å². The molecule has 0 spiro atoms. The van der Waals surface area contributed by atoms with Crippen molar-refractivity contribution in [3.8, 4) is 16.9 Å². The summed E-state index contributed by atoms with van der Waals surface area (Å²) in [6.07, 6.45) is 3.93. The number of aromatic nitrogens is 1. The van der Waals surface area contributed by atoms with E-state index in [1.807, 2.05) is 0 Å². The van der Waals surface area contributed by atoms with Gasteiger partial charge in [0, 0.05) is 18.7 Å². The third kappa shape index (κ3) is 3.69. The Kier molecular flexibility index (Phi) is 4.98. The minimum absolute atomic E-state index is 0.233. The predicted octanol–water partition coefficient (Wildman–Crippen LogP) is 4.73. The van der Waals surface area contributed by atoms with Gasteiger partial charge in [-0.2, -0.15) is 0 Å². The van der Waals surface area contributed by atoms with Crippen LogP contribution < -0.4 is 10.1 Å². The number of anilines is 1. The lowest BCUT2D eigenvalue weighted by Crippen LogP contribution is -2.21. The summed E-state index contributed by atoms with van der Waals surface area (Å²) in [7, 11) is 0. The molecule has 0 aliphatic carbocycles. The van der Waals surface area contributed by atoms with E-state index in [1.54, 1.807) is 6.20 Å². The fraction of sp³-hybridized carbons (Fsp3) is 0.217. The molecule has 2 aromatic carbocycles. The lowest BCUT2D eigenvalue weighted by molar-refractivity contribution is 0.0697. The number of aromatic carboxylic acids is 1. The Hall–Kier alpha value is -3.34. The molecule has 0 unspecified atom stereocenters. The second-order valence-corrected chi connectivity index (χ2v) is 7.06. The van der Waals surface area contributed by atoms with Crippen molar-refractivity contribution in [2.45, 2.75) is 19.3 Å². The van der Waals surface area contributed by atoms with Gasteiger partial charge < -0.3 is 15.2 Å². The average molecular weight is 374 g/mol. The molecule has 1 aliphatic rings. The van der Waals surface area contributed by atoms with Crippen molar-refractivity contribution in [3.05, 3.63) is 77.6 Å². The monoisotopic (exact) mass is 374 g/mol. The first kappa shape index (κ1) is 18.0. The van der Waals surface area contributed by atoms with Crippen LogP contribution in [-0.4, -0.2) is 29.2 Å². The highest BCUT2D eigenvalue weighted by Gasteiger charge is 2.22. The number of carbonyl (C=O) groups is 1. The van der Waals surface area contributed by atoms with Gasteiger partial charge >= 0.3 is 5.97 Å². The van der Waals surface area contributed by atoms with Crippen LogP contribution in [0.4, 0.5) is 5.69 Å². The van der Waals surface area contributed by atoms with Crippen molar-refractivity contribution < 1.29 is 14.6 Å². The molecule has 2 N–H and O–H groups in total. The molecule has 2 heterocycles. The summed E-state index contributed by atoms with van der Waals surface area (Å²) >= 11 is 0. The van der Waals surface area contributed by atoms with Crippen molar-refractivity contribution in [2.75, 3.05) is 18.5 Å². The molecule has 0 saturated carbocycles. The van der Waals surface area contributed by atoms with E-state index in [-0.39, 0.29) is 11.5 Å². The molecule has 28 heavy (non-hydrogen) atoms. The smallest absolute Gasteiger partial charge is 0.337 e. The lowest BCUT2D eigenvalue weighted by Gasteiger charge is -2.27. The molecule has 5 heteroatoms. The molecule has 5 nitrogen and oxygen atoms in total. The Morgan fingerprint density at radius 3 is 2.89 bits per heavy atom. The molecule has 0 radical (unpaired) electrons. The number of ether oxygens (including phenoxy) is 1. The minimum Gasteiger partial charge on any atom is -0.493 e. The third-order valence-corrected chi connectivity index (χ3v) is 5.12. The molecule has 0 saturated heterocycles. The molecule has 0 amide bonds. The van der Waals surface area contributed by atoms with E-state index >= 15 is 0 Å². The summed E-state index contributed by atoms with van der Waals surface area (Å²) < 4.78 is 5.93. The second-order valence-electron chi connectivity index (χ2n) is 7.06. The normalized spacial score (nSPS) is 15.4. The quantitative estimate of drug-likeness (QED) is 0.675. The molecular weight excluding hydrogens is 352 g/mol. The van der Waals surface area contributed by atoms with Gasteiger partial charge in [0.2, 0.25) is 0 Å². The highest BCUT2D eigenvalue weighted by atomic mass is 16.5. The number of pyridine rings is 1. The fourth-order valence-electron chi connectivity index (χ4n) is 3.63. The predicted molar refractivity (Wildman–Crippen MR) is 109 cm³/mol. The van der Waals surface area contributed by atoms with E-state index in [0.29, 0.717) is 18.8 Å². The van der Waals surface area contributed by atoms with E-state index in [0.717, 1.165) is 23.3 Å². The maximum Gasteiger partial charge on any atom is 0.337 e. The molecular formula is C23H22N2O3. The number of nitrogens with zero attached hydrogens (tertiary/aromatic N) is 1. The summed E-state index contributed by atoms with van der Waals surface area (Å²) in [6, 6.07) is 16.3. The molecule has 3 aromatic rings. The van der Waals surface area contributed by atoms with Gasteiger partial charge in [0.1, 0.15) is 5.75 Å². The van der Waals surface area contributed by atoms with E-state index in [2.05, 4.69) is 59.7 Å². The highest BCUT2D eigenvalue weighted by molar-refractivity contribution is 5.93. The standard InChI is InChI=1S/C23H22N2O3/c1-15-3-2-4-16(11-15)17-5-6-19-18(8-10-28-22(19)12-17)13-25-21-14-24-9-7-20(21)23(26)27/h2-7,9,11-12,14,18,25H,8,10,13H2,1H3,(H,26,27)/t18-/m0/s1. The minimum atomic E-state index is -0.958. The number of carboxylic acid groups (broad SMARTS) is 1. The summed E-state index contributed by atoms with van der Waals surface area (Å²) in [5, 5.41) is 12.6. The first-order valence-electron chi connectivity index (χ1n) is 9.37. The van der Waals surface area contributed by atoms with Gasteiger partial charge in [-0.1, -0.05) is 42.0 Å². The Morgan fingerprint density at radius 1 is 1.21 bits per heavy atom. The number of fused-ring (bicyclic) bond motifs is 1. The van der Waals surface area contributed by atoms with Crippen LogP contribution in [0.2, 0.25) is 0 Å². The van der Waals surface area contributed by atoms with Gasteiger partial charge in [-0.25, -0.2) is 4.79 Å². The van der Waals surface area contributed by atoms with Crippen molar-refractivity contribution in [3.63, 3.8) is 0 Å². The Labute approximate surface area is 164 Å². The van der Waals surface area contributed by atoms with Crippen molar-refractivity contribution in [1.29, 1.82) is 0 Å². The first-order chi connectivity index (χ1) is 13.6. The van der Waals surface area contributed by atoms with Gasteiger partial charge in [0.15, 0.2) is 0 Å². The molecule has 0 bridgehead atoms. The Balaban J connectivity index is 1.55. The zero-order valence-electron chi connectivity index (χ0n) is 15.7. The summed E-state index contributed by atoms with van der Waals surface area (Å²) in [5.41, 5.74) is 5.46. The zero-order valence-corrected chi connectivity index (χ0v) is 15.7. The second kappa shape index (κ2) is 7.72. The molecule has 1 atom stereocenters. The Morgan fingerprint density at radius 2 is 2.07 bits per heavy atom. The van der Waals surface area contributed by atoms with Gasteiger partial charge in [-0.3, -0.25) is 4.98 Å². The van der Waals surface area contributed by atoms with Crippen molar-refractivity contribution in [1.82, 2.24) is 4.98 Å². The lowest BCUT2D eigenvalue weighted by atomic mass is 9.90. The average Bonchev–Trinajstić information content (AvgIpc) is 2.72. The van der Waals surface area contributed by atoms with Crippen LogP contribution in [0.25, 0.3) is 11.1 Å². The van der Waals surface area contributed by atoms with Gasteiger partial charge in [-0.15, -0.1) is 0 Å². The number of nitrogens with one attached hydrogen (secondary N) is 1. The van der Waals surface area contributed by atoms with Crippen LogP contribution in [0.1, 0.15) is 33.8 Å². The SMILES string of the molecule is Cc1cccc(-c2ccc3c(c2)OCC[C@H]3CNc2cnccc2C(=O)O)c1. The van der Waals surface area contributed by atoms with Crippen LogP contribution in [0.15, 0.2) is 60.9 Å². The van der Waals surface area contributed by atoms with Crippen molar-refractivity contribution in [2.24, 2.45) is 0 Å². The van der Waals surface area contributed by atoms with Gasteiger partial charge in [-0.05, 0) is 42.2 Å². The number of carboxylic acids is 1. The third-order valence-electron chi connectivity index (χ3n) is 5.12. The number of rotatable bonds is 5. The fourth-order valence-corrected chi connectivity index (χ4v) is 3.63. The van der Waals surface area contributed by atoms with Crippen molar-refractivity contribution >= 4 is 11.7 Å². The topological polar surface area (TPSA) is 71.5 Å². The van der Waals surface area contributed by atoms with Gasteiger partial charge in [0.05, 0.1) is 24.1 Å². The van der Waals surface area contributed by atoms with Crippen LogP contribution >= 0.6 is 0 Å². The van der Waals surface area contributed by atoms with Crippen LogP contribution in [0.3, 0.4) is 0 Å². The van der Waals surface area contributed by atoms with E-state index < -0.39 is 5.97 Å². The van der Waals surface area contributed by atoms with Crippen LogP contribution in [0.5, 0.6) is 5.75 Å². The molecule has 1 aromatic heterocycles. The Bertz CT molecular complexity index is 1020. The largest absolute Gasteiger partial charge is 0.493 e. The summed E-state index contributed by atoms with van der Waals surface area (Å²) in [6.45, 7) is 3.37. The molecule has 4 rings (SSSR count). The van der Waals surface area contributed by atoms with E-state index in [1.165, 1.54) is 23.4 Å². The van der Waals surface area contributed by atoms with Crippen LogP contribution in [-0.2, 0) is 0 Å². The molecule has 142 valence electrons. The number of aryl methyl sites for hydroxylation is 1.